The molecule has 3 N–H and O–H groups in total. The highest BCUT2D eigenvalue weighted by atomic mass is 16.3. The van der Waals surface area contributed by atoms with Crippen molar-refractivity contribution in [1.29, 1.82) is 0 Å². The zero-order valence-corrected chi connectivity index (χ0v) is 16.9. The van der Waals surface area contributed by atoms with Crippen molar-refractivity contribution in [3.63, 3.8) is 0 Å². The first kappa shape index (κ1) is 20.1. The highest BCUT2D eigenvalue weighted by Crippen LogP contribution is 2.31. The van der Waals surface area contributed by atoms with Crippen molar-refractivity contribution in [2.24, 2.45) is 11.7 Å². The average molecular weight is 394 g/mol. The molecule has 154 valence electrons. The van der Waals surface area contributed by atoms with Gasteiger partial charge >= 0.3 is 0 Å². The maximum atomic E-state index is 13.0. The summed E-state index contributed by atoms with van der Waals surface area (Å²) in [5, 5.41) is 10.1. The number of hydrogen-bond donors (Lipinski definition) is 2. The van der Waals surface area contributed by atoms with Crippen molar-refractivity contribution < 1.29 is 9.90 Å². The summed E-state index contributed by atoms with van der Waals surface area (Å²) in [6.07, 6.45) is 1.45. The van der Waals surface area contributed by atoms with E-state index in [1.165, 1.54) is 11.1 Å². The summed E-state index contributed by atoms with van der Waals surface area (Å²) in [5.41, 5.74) is 8.46. The number of aliphatic hydroxyl groups is 1. The Balaban J connectivity index is 1.44. The van der Waals surface area contributed by atoms with Crippen LogP contribution < -0.4 is 5.73 Å². The molecule has 2 aromatic rings. The number of carbonyl (C=O) groups is 1. The van der Waals surface area contributed by atoms with Crippen molar-refractivity contribution in [1.82, 2.24) is 9.80 Å². The van der Waals surface area contributed by atoms with E-state index >= 15 is 0 Å². The van der Waals surface area contributed by atoms with Crippen LogP contribution >= 0.6 is 0 Å². The number of amides is 1. The predicted molar refractivity (Wildman–Crippen MR) is 114 cm³/mol. The fourth-order valence-corrected chi connectivity index (χ4v) is 4.74. The second kappa shape index (κ2) is 9.08. The fourth-order valence-electron chi connectivity index (χ4n) is 4.74. The Morgan fingerprint density at radius 1 is 0.897 bits per heavy atom. The molecule has 0 radical (unpaired) electrons. The van der Waals surface area contributed by atoms with Crippen LogP contribution in [0.15, 0.2) is 60.7 Å². The minimum Gasteiger partial charge on any atom is -0.391 e. The van der Waals surface area contributed by atoms with Gasteiger partial charge in [0, 0.05) is 38.1 Å². The van der Waals surface area contributed by atoms with Gasteiger partial charge in [-0.3, -0.25) is 9.69 Å². The van der Waals surface area contributed by atoms with Gasteiger partial charge in [-0.05, 0) is 30.4 Å². The zero-order valence-electron chi connectivity index (χ0n) is 16.9. The van der Waals surface area contributed by atoms with E-state index in [9.17, 15) is 9.90 Å². The van der Waals surface area contributed by atoms with Crippen molar-refractivity contribution in [2.75, 3.05) is 26.2 Å². The Bertz CT molecular complexity index is 751. The van der Waals surface area contributed by atoms with E-state index in [1.54, 1.807) is 0 Å². The molecule has 1 saturated heterocycles. The van der Waals surface area contributed by atoms with Gasteiger partial charge in [-0.1, -0.05) is 60.7 Å². The lowest BCUT2D eigenvalue weighted by molar-refractivity contribution is -0.140. The molecule has 2 aromatic carbocycles. The molecule has 29 heavy (non-hydrogen) atoms. The number of piperazine rings is 1. The molecule has 0 aromatic heterocycles. The highest BCUT2D eigenvalue weighted by molar-refractivity contribution is 5.79. The third-order valence-corrected chi connectivity index (χ3v) is 6.44. The smallest absolute Gasteiger partial charge is 0.225 e. The molecule has 1 aliphatic heterocycles. The summed E-state index contributed by atoms with van der Waals surface area (Å²) < 4.78 is 0. The third kappa shape index (κ3) is 4.53. The molecule has 2 aliphatic rings. The molecule has 0 bridgehead atoms. The first-order chi connectivity index (χ1) is 14.1. The Hall–Kier alpha value is -2.21. The average Bonchev–Trinajstić information content (AvgIpc) is 2.77. The summed E-state index contributed by atoms with van der Waals surface area (Å²) in [6, 6.07) is 21.2. The van der Waals surface area contributed by atoms with Gasteiger partial charge in [0.05, 0.1) is 12.1 Å². The molecule has 1 heterocycles. The van der Waals surface area contributed by atoms with Crippen LogP contribution in [0.3, 0.4) is 0 Å². The van der Waals surface area contributed by atoms with Gasteiger partial charge in [-0.15, -0.1) is 0 Å². The minimum atomic E-state index is -0.556. The van der Waals surface area contributed by atoms with Gasteiger partial charge in [-0.2, -0.15) is 0 Å². The van der Waals surface area contributed by atoms with E-state index in [4.69, 9.17) is 5.73 Å². The summed E-state index contributed by atoms with van der Waals surface area (Å²) in [6.45, 7) is 3.14. The van der Waals surface area contributed by atoms with Crippen LogP contribution in [0, 0.1) is 5.92 Å². The van der Waals surface area contributed by atoms with Crippen LogP contribution in [0.2, 0.25) is 0 Å². The van der Waals surface area contributed by atoms with E-state index in [2.05, 4.69) is 53.4 Å². The molecule has 3 atom stereocenters. The predicted octanol–water partition coefficient (Wildman–Crippen LogP) is 2.41. The number of hydrogen-bond acceptors (Lipinski definition) is 4. The molecular formula is C24H31N3O2. The third-order valence-electron chi connectivity index (χ3n) is 6.44. The van der Waals surface area contributed by atoms with E-state index in [0.29, 0.717) is 6.42 Å². The lowest BCUT2D eigenvalue weighted by atomic mass is 9.83. The number of carbonyl (C=O) groups excluding carboxylic acids is 1. The Morgan fingerprint density at radius 2 is 1.45 bits per heavy atom. The molecule has 5 heteroatoms. The second-order valence-electron chi connectivity index (χ2n) is 8.33. The molecular weight excluding hydrogens is 362 g/mol. The van der Waals surface area contributed by atoms with Crippen LogP contribution in [0.25, 0.3) is 0 Å². The summed E-state index contributed by atoms with van der Waals surface area (Å²) in [4.78, 5) is 17.4. The van der Waals surface area contributed by atoms with Gasteiger partial charge in [0.1, 0.15) is 0 Å². The fraction of sp³-hybridized carbons (Fsp3) is 0.458. The molecule has 0 spiro atoms. The minimum absolute atomic E-state index is 0.0876. The summed E-state index contributed by atoms with van der Waals surface area (Å²) in [5.74, 6) is 0.0990. The molecule has 1 amide bonds. The molecule has 2 fully saturated rings. The van der Waals surface area contributed by atoms with Crippen LogP contribution in [0.5, 0.6) is 0 Å². The highest BCUT2D eigenvalue weighted by Gasteiger charge is 2.35. The Kier molecular flexibility index (Phi) is 6.28. The van der Waals surface area contributed by atoms with E-state index in [-0.39, 0.29) is 23.9 Å². The lowest BCUT2D eigenvalue weighted by Gasteiger charge is -2.41. The summed E-state index contributed by atoms with van der Waals surface area (Å²) >= 11 is 0. The molecule has 4 rings (SSSR count). The topological polar surface area (TPSA) is 69.8 Å². The SMILES string of the molecule is N[C@H]1CC[C@H](C(=O)N2CCN(C(c3ccccc3)c3ccccc3)CC2)C[C@@H]1O. The first-order valence-corrected chi connectivity index (χ1v) is 10.7. The Labute approximate surface area is 173 Å². The maximum absolute atomic E-state index is 13.0. The number of nitrogens with two attached hydrogens (primary N) is 1. The number of aliphatic hydroxyl groups excluding tert-OH is 1. The number of benzene rings is 2. The van der Waals surface area contributed by atoms with Gasteiger partial charge in [0.25, 0.3) is 0 Å². The summed E-state index contributed by atoms with van der Waals surface area (Å²) in [7, 11) is 0. The van der Waals surface area contributed by atoms with Crippen LogP contribution in [-0.2, 0) is 4.79 Å². The van der Waals surface area contributed by atoms with Gasteiger partial charge in [0.2, 0.25) is 5.91 Å². The maximum Gasteiger partial charge on any atom is 0.225 e. The van der Waals surface area contributed by atoms with E-state index in [0.717, 1.165) is 39.0 Å². The first-order valence-electron chi connectivity index (χ1n) is 10.7. The van der Waals surface area contributed by atoms with Crippen molar-refractivity contribution in [3.05, 3.63) is 71.8 Å². The van der Waals surface area contributed by atoms with Crippen LogP contribution in [0.1, 0.15) is 36.4 Å². The quantitative estimate of drug-likeness (QED) is 0.837. The standard InChI is InChI=1S/C24H31N3O2/c25-21-12-11-20(17-22(21)28)24(29)27-15-13-26(14-16-27)23(18-7-3-1-4-8-18)19-9-5-2-6-10-19/h1-10,20-23,28H,11-17,25H2/t20-,21-,22-/m0/s1. The molecule has 5 nitrogen and oxygen atoms in total. The van der Waals surface area contributed by atoms with E-state index in [1.807, 2.05) is 17.0 Å². The largest absolute Gasteiger partial charge is 0.391 e. The van der Waals surface area contributed by atoms with E-state index < -0.39 is 6.10 Å². The zero-order chi connectivity index (χ0) is 20.2. The number of nitrogens with zero attached hydrogens (tertiary/aromatic N) is 2. The lowest BCUT2D eigenvalue weighted by Crippen LogP contribution is -2.53. The normalized spacial score (nSPS) is 25.9. The van der Waals surface area contributed by atoms with Gasteiger partial charge in [0.15, 0.2) is 0 Å². The molecule has 1 aliphatic carbocycles. The monoisotopic (exact) mass is 393 g/mol. The van der Waals surface area contributed by atoms with Crippen molar-refractivity contribution in [2.45, 2.75) is 37.5 Å². The van der Waals surface area contributed by atoms with Crippen molar-refractivity contribution >= 4 is 5.91 Å². The van der Waals surface area contributed by atoms with Gasteiger partial charge in [-0.25, -0.2) is 0 Å². The van der Waals surface area contributed by atoms with Crippen LogP contribution in [-0.4, -0.2) is 59.1 Å². The molecule has 1 saturated carbocycles. The Morgan fingerprint density at radius 3 is 1.97 bits per heavy atom. The van der Waals surface area contributed by atoms with Gasteiger partial charge < -0.3 is 15.7 Å². The number of rotatable bonds is 4. The second-order valence-corrected chi connectivity index (χ2v) is 8.33. The molecule has 0 unspecified atom stereocenters. The van der Waals surface area contributed by atoms with Crippen LogP contribution in [0.4, 0.5) is 0 Å². The van der Waals surface area contributed by atoms with Crippen molar-refractivity contribution in [3.8, 4) is 0 Å².